The van der Waals surface area contributed by atoms with E-state index in [2.05, 4.69) is 47.6 Å². The first-order valence-corrected chi connectivity index (χ1v) is 7.70. The summed E-state index contributed by atoms with van der Waals surface area (Å²) in [5.41, 5.74) is 3.39. The predicted octanol–water partition coefficient (Wildman–Crippen LogP) is 3.99. The van der Waals surface area contributed by atoms with E-state index in [1.165, 1.54) is 10.2 Å². The molecule has 0 aliphatic heterocycles. The number of nitrogens with zero attached hydrogens (tertiary/aromatic N) is 2. The molecule has 0 spiro atoms. The maximum Gasteiger partial charge on any atom is 0.194 e. The second-order valence-electron chi connectivity index (χ2n) is 5.20. The molecule has 3 nitrogen and oxygen atoms in total. The highest BCUT2D eigenvalue weighted by molar-refractivity contribution is 7.23. The van der Waals surface area contributed by atoms with Gasteiger partial charge in [-0.3, -0.25) is 4.40 Å². The summed E-state index contributed by atoms with van der Waals surface area (Å²) in [5.74, 6) is 7.56. The average molecular weight is 294 g/mol. The van der Waals surface area contributed by atoms with E-state index >= 15 is 0 Å². The van der Waals surface area contributed by atoms with Crippen LogP contribution in [0.5, 0.6) is 5.75 Å². The highest BCUT2D eigenvalue weighted by atomic mass is 32.1. The summed E-state index contributed by atoms with van der Waals surface area (Å²) < 4.78 is 8.62. The quantitative estimate of drug-likeness (QED) is 0.668. The van der Waals surface area contributed by atoms with E-state index in [0.717, 1.165) is 28.4 Å². The van der Waals surface area contributed by atoms with Crippen LogP contribution in [0, 0.1) is 11.8 Å². The predicted molar refractivity (Wildman–Crippen MR) is 86.0 cm³/mol. The van der Waals surface area contributed by atoms with E-state index in [9.17, 15) is 0 Å². The van der Waals surface area contributed by atoms with Crippen molar-refractivity contribution in [3.8, 4) is 17.6 Å². The molecule has 2 heterocycles. The highest BCUT2D eigenvalue weighted by Gasteiger charge is 2.16. The summed E-state index contributed by atoms with van der Waals surface area (Å²) in [6.45, 7) is 2.05. The van der Waals surface area contributed by atoms with Gasteiger partial charge in [0.15, 0.2) is 4.96 Å². The number of methoxy groups -OCH3 is 1. The van der Waals surface area contributed by atoms with Crippen molar-refractivity contribution in [3.05, 3.63) is 41.7 Å². The minimum atomic E-state index is 0.217. The van der Waals surface area contributed by atoms with Crippen LogP contribution in [-0.4, -0.2) is 16.5 Å². The number of allylic oxidation sites excluding steroid dienone is 2. The summed E-state index contributed by atoms with van der Waals surface area (Å²) >= 11 is 1.68. The second kappa shape index (κ2) is 4.64. The smallest absolute Gasteiger partial charge is 0.194 e. The Balaban J connectivity index is 1.81. The van der Waals surface area contributed by atoms with Crippen LogP contribution >= 0.6 is 11.3 Å². The summed E-state index contributed by atoms with van der Waals surface area (Å²) in [6.07, 6.45) is 5.27. The third-order valence-corrected chi connectivity index (χ3v) is 4.80. The van der Waals surface area contributed by atoms with Crippen molar-refractivity contribution in [2.75, 3.05) is 7.11 Å². The first-order valence-electron chi connectivity index (χ1n) is 6.88. The molecule has 1 aromatic carbocycles. The van der Waals surface area contributed by atoms with Gasteiger partial charge in [0.2, 0.25) is 0 Å². The fourth-order valence-electron chi connectivity index (χ4n) is 2.59. The molecule has 0 bridgehead atoms. The standard InChI is InChI=1S/C17H14N2OS/c1-11-3-5-12(6-4-11)14-10-19-15-8-7-13(20-2)9-16(15)21-17(19)18-14/h3,7-10,12H,5H2,1-2H3. The van der Waals surface area contributed by atoms with E-state index in [1.807, 2.05) is 6.07 Å². The summed E-state index contributed by atoms with van der Waals surface area (Å²) in [6, 6.07) is 6.13. The number of ether oxygens (including phenoxy) is 1. The fourth-order valence-corrected chi connectivity index (χ4v) is 3.64. The molecule has 2 aromatic heterocycles. The second-order valence-corrected chi connectivity index (χ2v) is 6.21. The summed E-state index contributed by atoms with van der Waals surface area (Å²) in [4.78, 5) is 5.78. The number of hydrogen-bond donors (Lipinski definition) is 0. The molecule has 0 saturated carbocycles. The van der Waals surface area contributed by atoms with Gasteiger partial charge in [-0.15, -0.1) is 0 Å². The van der Waals surface area contributed by atoms with Crippen LogP contribution in [0.15, 0.2) is 36.0 Å². The first kappa shape index (κ1) is 12.5. The lowest BCUT2D eigenvalue weighted by Gasteiger charge is -2.07. The zero-order valence-corrected chi connectivity index (χ0v) is 12.7. The molecular weight excluding hydrogens is 280 g/mol. The van der Waals surface area contributed by atoms with Gasteiger partial charge in [0.05, 0.1) is 28.9 Å². The lowest BCUT2D eigenvalue weighted by molar-refractivity contribution is 0.415. The van der Waals surface area contributed by atoms with Gasteiger partial charge < -0.3 is 4.74 Å². The lowest BCUT2D eigenvalue weighted by atomic mass is 9.97. The van der Waals surface area contributed by atoms with Gasteiger partial charge in [-0.2, -0.15) is 0 Å². The highest BCUT2D eigenvalue weighted by Crippen LogP contribution is 2.31. The van der Waals surface area contributed by atoms with E-state index in [0.29, 0.717) is 0 Å². The molecule has 1 atom stereocenters. The summed E-state index contributed by atoms with van der Waals surface area (Å²) in [7, 11) is 1.69. The Bertz CT molecular complexity index is 936. The SMILES string of the molecule is COc1ccc2c(c1)sc1nc(C3C#CC(C)=CC3)cn12. The molecule has 0 amide bonds. The minimum Gasteiger partial charge on any atom is -0.497 e. The molecule has 1 unspecified atom stereocenters. The third kappa shape index (κ3) is 2.01. The van der Waals surface area contributed by atoms with Gasteiger partial charge in [0.1, 0.15) is 5.75 Å². The Kier molecular flexibility index (Phi) is 2.76. The molecule has 3 aromatic rings. The van der Waals surface area contributed by atoms with Crippen molar-refractivity contribution in [3.63, 3.8) is 0 Å². The van der Waals surface area contributed by atoms with Crippen LogP contribution in [0.1, 0.15) is 25.0 Å². The topological polar surface area (TPSA) is 26.5 Å². The molecule has 0 saturated heterocycles. The number of imidazole rings is 1. The number of hydrogen-bond acceptors (Lipinski definition) is 3. The fraction of sp³-hybridized carbons (Fsp3) is 0.235. The van der Waals surface area contributed by atoms with Gasteiger partial charge >= 0.3 is 0 Å². The van der Waals surface area contributed by atoms with Crippen LogP contribution in [0.4, 0.5) is 0 Å². The van der Waals surface area contributed by atoms with Gasteiger partial charge in [0.25, 0.3) is 0 Å². The van der Waals surface area contributed by atoms with E-state index in [4.69, 9.17) is 9.72 Å². The molecule has 4 heteroatoms. The Labute approximate surface area is 126 Å². The maximum absolute atomic E-state index is 5.28. The molecule has 1 aliphatic carbocycles. The Morgan fingerprint density at radius 1 is 1.43 bits per heavy atom. The van der Waals surface area contributed by atoms with Crippen molar-refractivity contribution in [1.29, 1.82) is 0 Å². The van der Waals surface area contributed by atoms with Crippen molar-refractivity contribution < 1.29 is 4.74 Å². The molecule has 0 N–H and O–H groups in total. The van der Waals surface area contributed by atoms with E-state index in [1.54, 1.807) is 18.4 Å². The van der Waals surface area contributed by atoms with Crippen LogP contribution in [0.2, 0.25) is 0 Å². The van der Waals surface area contributed by atoms with Crippen LogP contribution in [0.3, 0.4) is 0 Å². The third-order valence-electron chi connectivity index (χ3n) is 3.78. The van der Waals surface area contributed by atoms with E-state index < -0.39 is 0 Å². The van der Waals surface area contributed by atoms with Gasteiger partial charge in [-0.05, 0) is 37.1 Å². The zero-order chi connectivity index (χ0) is 14.4. The van der Waals surface area contributed by atoms with Crippen molar-refractivity contribution >= 4 is 26.5 Å². The van der Waals surface area contributed by atoms with Gasteiger partial charge in [-0.1, -0.05) is 29.3 Å². The normalized spacial score (nSPS) is 17.6. The van der Waals surface area contributed by atoms with Crippen molar-refractivity contribution in [2.24, 2.45) is 0 Å². The average Bonchev–Trinajstić information content (AvgIpc) is 3.04. The number of rotatable bonds is 2. The molecule has 21 heavy (non-hydrogen) atoms. The lowest BCUT2D eigenvalue weighted by Crippen LogP contribution is -1.98. The number of aromatic nitrogens is 2. The van der Waals surface area contributed by atoms with Gasteiger partial charge in [-0.25, -0.2) is 4.98 Å². The Hall–Kier alpha value is -2.25. The monoisotopic (exact) mass is 294 g/mol. The largest absolute Gasteiger partial charge is 0.497 e. The number of benzene rings is 1. The van der Waals surface area contributed by atoms with Crippen LogP contribution < -0.4 is 4.74 Å². The molecule has 1 aliphatic rings. The number of fused-ring (bicyclic) bond motifs is 3. The summed E-state index contributed by atoms with van der Waals surface area (Å²) in [5, 5.41) is 0. The molecule has 0 fully saturated rings. The maximum atomic E-state index is 5.28. The van der Waals surface area contributed by atoms with Crippen LogP contribution in [-0.2, 0) is 0 Å². The Morgan fingerprint density at radius 3 is 3.10 bits per heavy atom. The van der Waals surface area contributed by atoms with Crippen molar-refractivity contribution in [2.45, 2.75) is 19.3 Å². The molecule has 104 valence electrons. The zero-order valence-electron chi connectivity index (χ0n) is 11.9. The Morgan fingerprint density at radius 2 is 2.33 bits per heavy atom. The molecular formula is C17H14N2OS. The number of thiazole rings is 1. The minimum absolute atomic E-state index is 0.217. The van der Waals surface area contributed by atoms with E-state index in [-0.39, 0.29) is 5.92 Å². The van der Waals surface area contributed by atoms with Crippen LogP contribution in [0.25, 0.3) is 15.2 Å². The molecule has 4 rings (SSSR count). The first-order chi connectivity index (χ1) is 10.2. The van der Waals surface area contributed by atoms with Crippen molar-refractivity contribution in [1.82, 2.24) is 9.38 Å². The van der Waals surface area contributed by atoms with Gasteiger partial charge in [0, 0.05) is 6.20 Å². The molecule has 0 radical (unpaired) electrons.